The van der Waals surface area contributed by atoms with Crippen molar-refractivity contribution in [2.45, 2.75) is 32.7 Å². The van der Waals surface area contributed by atoms with Crippen molar-refractivity contribution < 1.29 is 4.74 Å². The number of ether oxygens (including phenoxy) is 1. The Bertz CT molecular complexity index is 576. The minimum absolute atomic E-state index is 0.291. The topological polar surface area (TPSA) is 46.8 Å². The predicted molar refractivity (Wildman–Crippen MR) is 83.0 cm³/mol. The van der Waals surface area contributed by atoms with Crippen LogP contribution in [0.1, 0.15) is 26.7 Å². The Labute approximate surface area is 123 Å². The molecule has 0 spiro atoms. The number of nitrogens with zero attached hydrogens (tertiary/aromatic N) is 3. The van der Waals surface area contributed by atoms with Crippen LogP contribution in [0.4, 0.5) is 5.13 Å². The van der Waals surface area contributed by atoms with E-state index >= 15 is 0 Å². The zero-order chi connectivity index (χ0) is 14.4. The van der Waals surface area contributed by atoms with Gasteiger partial charge in [-0.1, -0.05) is 26.0 Å². The smallest absolute Gasteiger partial charge is 0.230 e. The van der Waals surface area contributed by atoms with Crippen LogP contribution in [-0.4, -0.2) is 18.1 Å². The van der Waals surface area contributed by atoms with Gasteiger partial charge in [-0.25, -0.2) is 4.98 Å². The molecule has 0 aliphatic carbocycles. The van der Waals surface area contributed by atoms with Crippen molar-refractivity contribution in [2.24, 2.45) is 10.2 Å². The highest BCUT2D eigenvalue weighted by Gasteiger charge is 2.06. The minimum atomic E-state index is 0.291. The molecule has 20 heavy (non-hydrogen) atoms. The first-order valence-electron chi connectivity index (χ1n) is 6.77. The van der Waals surface area contributed by atoms with Crippen LogP contribution >= 0.6 is 11.3 Å². The normalized spacial score (nSPS) is 11.4. The van der Waals surface area contributed by atoms with E-state index in [0.29, 0.717) is 11.2 Å². The van der Waals surface area contributed by atoms with Crippen molar-refractivity contribution in [1.82, 2.24) is 4.98 Å². The van der Waals surface area contributed by atoms with Gasteiger partial charge in [-0.2, -0.15) is 5.11 Å². The fraction of sp³-hybridized carbons (Fsp3) is 0.400. The lowest BCUT2D eigenvalue weighted by molar-refractivity contribution is 0.415. The average Bonchev–Trinajstić information content (AvgIpc) is 2.97. The van der Waals surface area contributed by atoms with Gasteiger partial charge in [0.2, 0.25) is 5.13 Å². The van der Waals surface area contributed by atoms with Gasteiger partial charge in [0.05, 0.1) is 18.8 Å². The summed E-state index contributed by atoms with van der Waals surface area (Å²) in [5.41, 5.74) is 1.94. The third kappa shape index (κ3) is 3.63. The van der Waals surface area contributed by atoms with Crippen LogP contribution in [0, 0.1) is 0 Å². The first kappa shape index (κ1) is 14.7. The second-order valence-electron chi connectivity index (χ2n) is 4.43. The molecule has 0 atom stereocenters. The van der Waals surface area contributed by atoms with Crippen LogP contribution in [0.15, 0.2) is 39.9 Å². The summed E-state index contributed by atoms with van der Waals surface area (Å²) >= 11 is 1.51. The van der Waals surface area contributed by atoms with Gasteiger partial charge in [0.1, 0.15) is 5.75 Å². The van der Waals surface area contributed by atoms with Crippen LogP contribution < -0.4 is 4.74 Å². The highest BCUT2D eigenvalue weighted by atomic mass is 32.1. The second-order valence-corrected chi connectivity index (χ2v) is 5.27. The molecule has 0 aliphatic rings. The minimum Gasteiger partial charge on any atom is -0.497 e. The van der Waals surface area contributed by atoms with E-state index in [-0.39, 0.29) is 0 Å². The molecule has 1 aromatic heterocycles. The van der Waals surface area contributed by atoms with Gasteiger partial charge >= 0.3 is 0 Å². The van der Waals surface area contributed by atoms with E-state index in [0.717, 1.165) is 29.8 Å². The maximum absolute atomic E-state index is 5.22. The standard InChI is InChI=1S/C15H19N3OS/c1-4-12(5-2)17-18-15-16-14(10-20-15)11-7-6-8-13(9-11)19-3/h6-10,12H,4-5H2,1-3H3. The van der Waals surface area contributed by atoms with Crippen LogP contribution in [0.3, 0.4) is 0 Å². The molecule has 2 aromatic rings. The zero-order valence-corrected chi connectivity index (χ0v) is 12.9. The summed E-state index contributed by atoms with van der Waals surface area (Å²) in [5.74, 6) is 0.829. The van der Waals surface area contributed by atoms with Crippen LogP contribution in [0.25, 0.3) is 11.3 Å². The summed E-state index contributed by atoms with van der Waals surface area (Å²) in [4.78, 5) is 4.50. The molecule has 1 aromatic carbocycles. The van der Waals surface area contributed by atoms with E-state index in [1.54, 1.807) is 7.11 Å². The molecule has 2 rings (SSSR count). The molecule has 0 amide bonds. The summed E-state index contributed by atoms with van der Waals surface area (Å²) < 4.78 is 5.22. The van der Waals surface area contributed by atoms with Crippen molar-refractivity contribution in [3.8, 4) is 17.0 Å². The Hall–Kier alpha value is -1.75. The lowest BCUT2D eigenvalue weighted by atomic mass is 10.2. The van der Waals surface area contributed by atoms with E-state index in [1.165, 1.54) is 11.3 Å². The van der Waals surface area contributed by atoms with Crippen molar-refractivity contribution in [2.75, 3.05) is 7.11 Å². The molecule has 0 bridgehead atoms. The lowest BCUT2D eigenvalue weighted by Crippen LogP contribution is -1.97. The van der Waals surface area contributed by atoms with Crippen molar-refractivity contribution in [3.05, 3.63) is 29.6 Å². The molecule has 106 valence electrons. The molecule has 0 aliphatic heterocycles. The number of thiazole rings is 1. The first-order chi connectivity index (χ1) is 9.76. The van der Waals surface area contributed by atoms with E-state index < -0.39 is 0 Å². The molecule has 0 fully saturated rings. The van der Waals surface area contributed by atoms with E-state index in [1.807, 2.05) is 29.6 Å². The highest BCUT2D eigenvalue weighted by Crippen LogP contribution is 2.29. The summed E-state index contributed by atoms with van der Waals surface area (Å²) in [7, 11) is 1.66. The van der Waals surface area contributed by atoms with Crippen LogP contribution in [0.5, 0.6) is 5.75 Å². The van der Waals surface area contributed by atoms with Gasteiger partial charge in [0, 0.05) is 10.9 Å². The Kier molecular flexibility index (Phi) is 5.24. The van der Waals surface area contributed by atoms with Crippen molar-refractivity contribution in [3.63, 3.8) is 0 Å². The molecule has 0 saturated carbocycles. The molecule has 0 radical (unpaired) electrons. The average molecular weight is 289 g/mol. The quantitative estimate of drug-likeness (QED) is 0.695. The summed E-state index contributed by atoms with van der Waals surface area (Å²) in [6.07, 6.45) is 2.02. The lowest BCUT2D eigenvalue weighted by Gasteiger charge is -2.02. The third-order valence-electron chi connectivity index (χ3n) is 3.11. The van der Waals surface area contributed by atoms with E-state index in [2.05, 4.69) is 29.1 Å². The number of azo groups is 1. The van der Waals surface area contributed by atoms with Gasteiger partial charge in [-0.3, -0.25) is 0 Å². The maximum atomic E-state index is 5.22. The molecule has 1 heterocycles. The molecule has 0 N–H and O–H groups in total. The molecule has 0 unspecified atom stereocenters. The highest BCUT2D eigenvalue weighted by molar-refractivity contribution is 7.13. The number of aromatic nitrogens is 1. The Morgan fingerprint density at radius 1 is 1.30 bits per heavy atom. The molecule has 5 heteroatoms. The fourth-order valence-electron chi connectivity index (χ4n) is 1.81. The zero-order valence-electron chi connectivity index (χ0n) is 12.0. The molecular weight excluding hydrogens is 270 g/mol. The van der Waals surface area contributed by atoms with Gasteiger partial charge in [-0.05, 0) is 25.0 Å². The van der Waals surface area contributed by atoms with E-state index in [9.17, 15) is 0 Å². The number of hydrogen-bond donors (Lipinski definition) is 0. The summed E-state index contributed by atoms with van der Waals surface area (Å²) in [6.45, 7) is 4.24. The third-order valence-corrected chi connectivity index (χ3v) is 3.83. The van der Waals surface area contributed by atoms with Crippen LogP contribution in [0.2, 0.25) is 0 Å². The Morgan fingerprint density at radius 2 is 2.10 bits per heavy atom. The monoisotopic (exact) mass is 289 g/mol. The maximum Gasteiger partial charge on any atom is 0.230 e. The predicted octanol–water partition coefficient (Wildman–Crippen LogP) is 5.09. The number of methoxy groups -OCH3 is 1. The number of benzene rings is 1. The van der Waals surface area contributed by atoms with Gasteiger partial charge in [0.15, 0.2) is 0 Å². The summed E-state index contributed by atoms with van der Waals surface area (Å²) in [5, 5.41) is 11.3. The van der Waals surface area contributed by atoms with Gasteiger partial charge in [0.25, 0.3) is 0 Å². The largest absolute Gasteiger partial charge is 0.497 e. The van der Waals surface area contributed by atoms with Crippen molar-refractivity contribution >= 4 is 16.5 Å². The Balaban J connectivity index is 2.16. The summed E-state index contributed by atoms with van der Waals surface area (Å²) in [6, 6.07) is 8.15. The van der Waals surface area contributed by atoms with E-state index in [4.69, 9.17) is 4.74 Å². The first-order valence-corrected chi connectivity index (χ1v) is 7.65. The molecule has 4 nitrogen and oxygen atoms in total. The Morgan fingerprint density at radius 3 is 2.80 bits per heavy atom. The van der Waals surface area contributed by atoms with Gasteiger partial charge < -0.3 is 4.74 Å². The van der Waals surface area contributed by atoms with Gasteiger partial charge in [-0.15, -0.1) is 16.5 Å². The van der Waals surface area contributed by atoms with Crippen molar-refractivity contribution in [1.29, 1.82) is 0 Å². The number of rotatable bonds is 6. The molecule has 0 saturated heterocycles. The number of hydrogen-bond acceptors (Lipinski definition) is 5. The SMILES string of the molecule is CCC(CC)N=Nc1nc(-c2cccc(OC)c2)cs1. The fourth-order valence-corrected chi connectivity index (χ4v) is 2.46. The van der Waals surface area contributed by atoms with Crippen LogP contribution in [-0.2, 0) is 0 Å². The molecular formula is C15H19N3OS. The second kappa shape index (κ2) is 7.14.